The van der Waals surface area contributed by atoms with Crippen LogP contribution >= 0.6 is 0 Å². The normalized spacial score (nSPS) is 24.7. The molecule has 5 heteroatoms. The minimum Gasteiger partial charge on any atom is -0.395 e. The molecule has 1 aromatic heterocycles. The molecule has 0 radical (unpaired) electrons. The monoisotopic (exact) mass is 210 g/mol. The van der Waals surface area contributed by atoms with Crippen LogP contribution in [0.15, 0.2) is 0 Å². The van der Waals surface area contributed by atoms with Crippen LogP contribution in [0.25, 0.3) is 0 Å². The molecule has 0 aliphatic carbocycles. The lowest BCUT2D eigenvalue weighted by Gasteiger charge is -2.30. The Kier molecular flexibility index (Phi) is 2.24. The first-order valence-electron chi connectivity index (χ1n) is 5.28. The lowest BCUT2D eigenvalue weighted by molar-refractivity contribution is -0.909. The van der Waals surface area contributed by atoms with E-state index in [0.29, 0.717) is 0 Å². The Labute approximate surface area is 90.4 Å². The van der Waals surface area contributed by atoms with Gasteiger partial charge in [-0.05, 0) is 6.92 Å². The van der Waals surface area contributed by atoms with Gasteiger partial charge in [0.1, 0.15) is 5.69 Å². The molecular weight excluding hydrogens is 190 g/mol. The van der Waals surface area contributed by atoms with E-state index in [1.807, 2.05) is 18.7 Å². The molecule has 0 amide bonds. The highest BCUT2D eigenvalue weighted by Crippen LogP contribution is 2.30. The minimum atomic E-state index is 0.260. The van der Waals surface area contributed by atoms with Crippen LogP contribution in [0.2, 0.25) is 0 Å². The van der Waals surface area contributed by atoms with Gasteiger partial charge in [-0.1, -0.05) is 0 Å². The molecular formula is C10H20N5+. The van der Waals surface area contributed by atoms with Crippen LogP contribution in [0.1, 0.15) is 17.6 Å². The Balaban J connectivity index is 2.45. The summed E-state index contributed by atoms with van der Waals surface area (Å²) in [6, 6.07) is 0. The van der Waals surface area contributed by atoms with Gasteiger partial charge >= 0.3 is 0 Å². The van der Waals surface area contributed by atoms with Crippen molar-refractivity contribution in [2.45, 2.75) is 13.1 Å². The number of hydrogen-bond donors (Lipinski definition) is 2. The largest absolute Gasteiger partial charge is 0.395 e. The predicted octanol–water partition coefficient (Wildman–Crippen LogP) is -0.0111. The molecule has 1 aliphatic heterocycles. The van der Waals surface area contributed by atoms with Crippen LogP contribution in [-0.2, 0) is 7.05 Å². The van der Waals surface area contributed by atoms with Crippen LogP contribution < -0.4 is 11.1 Å². The van der Waals surface area contributed by atoms with Crippen LogP contribution in [0.5, 0.6) is 0 Å². The molecule has 3 N–H and O–H groups in total. The Morgan fingerprint density at radius 1 is 1.53 bits per heavy atom. The molecule has 0 bridgehead atoms. The number of nitrogens with zero attached hydrogens (tertiary/aromatic N) is 3. The van der Waals surface area contributed by atoms with Crippen molar-refractivity contribution in [2.75, 3.05) is 32.9 Å². The van der Waals surface area contributed by atoms with Gasteiger partial charge in [0, 0.05) is 7.05 Å². The second-order valence-corrected chi connectivity index (χ2v) is 4.87. The first kappa shape index (κ1) is 10.4. The fraction of sp³-hybridized carbons (Fsp3) is 0.700. The van der Waals surface area contributed by atoms with Crippen LogP contribution in [0, 0.1) is 6.92 Å². The van der Waals surface area contributed by atoms with E-state index in [-0.39, 0.29) is 6.17 Å². The van der Waals surface area contributed by atoms with Gasteiger partial charge in [0.25, 0.3) is 0 Å². The van der Waals surface area contributed by atoms with Crippen molar-refractivity contribution in [3.8, 4) is 0 Å². The number of rotatable bonds is 1. The van der Waals surface area contributed by atoms with Gasteiger partial charge in [-0.25, -0.2) is 0 Å². The maximum atomic E-state index is 6.07. The molecule has 1 aromatic rings. The van der Waals surface area contributed by atoms with Crippen molar-refractivity contribution in [1.29, 1.82) is 0 Å². The number of aromatic nitrogens is 2. The van der Waals surface area contributed by atoms with Gasteiger partial charge in [-0.2, -0.15) is 5.10 Å². The van der Waals surface area contributed by atoms with Crippen molar-refractivity contribution >= 4 is 5.69 Å². The maximum absolute atomic E-state index is 6.07. The third-order valence-corrected chi connectivity index (χ3v) is 3.30. The zero-order chi connectivity index (χ0) is 11.2. The van der Waals surface area contributed by atoms with Gasteiger partial charge in [0.2, 0.25) is 0 Å². The van der Waals surface area contributed by atoms with Gasteiger partial charge < -0.3 is 10.2 Å². The molecule has 1 saturated heterocycles. The zero-order valence-electron chi connectivity index (χ0n) is 9.91. The summed E-state index contributed by atoms with van der Waals surface area (Å²) >= 11 is 0. The van der Waals surface area contributed by atoms with Crippen LogP contribution in [0.4, 0.5) is 5.69 Å². The van der Waals surface area contributed by atoms with Gasteiger partial charge in [-0.3, -0.25) is 10.00 Å². The summed E-state index contributed by atoms with van der Waals surface area (Å²) in [6.07, 6.45) is 0.260. The number of anilines is 1. The number of hydrogen-bond acceptors (Lipinski definition) is 3. The Morgan fingerprint density at radius 2 is 2.20 bits per heavy atom. The molecule has 1 unspecified atom stereocenters. The summed E-state index contributed by atoms with van der Waals surface area (Å²) in [7, 11) is 6.39. The summed E-state index contributed by atoms with van der Waals surface area (Å²) in [5.74, 6) is 0. The van der Waals surface area contributed by atoms with Crippen molar-refractivity contribution in [3.05, 3.63) is 11.4 Å². The van der Waals surface area contributed by atoms with E-state index in [4.69, 9.17) is 5.73 Å². The molecule has 1 atom stereocenters. The predicted molar refractivity (Wildman–Crippen MR) is 60.1 cm³/mol. The molecule has 15 heavy (non-hydrogen) atoms. The third-order valence-electron chi connectivity index (χ3n) is 3.30. The van der Waals surface area contributed by atoms with E-state index < -0.39 is 0 Å². The molecule has 0 aromatic carbocycles. The van der Waals surface area contributed by atoms with Crippen LogP contribution in [-0.4, -0.2) is 41.4 Å². The first-order valence-corrected chi connectivity index (χ1v) is 5.28. The van der Waals surface area contributed by atoms with Gasteiger partial charge in [0.05, 0.1) is 38.6 Å². The first-order chi connectivity index (χ1) is 6.93. The Hall–Kier alpha value is -1.07. The van der Waals surface area contributed by atoms with E-state index in [9.17, 15) is 0 Å². The fourth-order valence-corrected chi connectivity index (χ4v) is 2.31. The lowest BCUT2D eigenvalue weighted by Crippen LogP contribution is -2.42. The quantitative estimate of drug-likeness (QED) is 0.641. The summed E-state index contributed by atoms with van der Waals surface area (Å²) < 4.78 is 2.82. The standard InChI is InChI=1S/C10H20N5/c1-7-8(11)9(14(2)13-7)10-12-5-6-15(10,3)4/h10,12H,5-6,11H2,1-4H3/q+1. The summed E-state index contributed by atoms with van der Waals surface area (Å²) in [6.45, 7) is 4.10. The second-order valence-electron chi connectivity index (χ2n) is 4.87. The average molecular weight is 210 g/mol. The van der Waals surface area contributed by atoms with E-state index in [0.717, 1.165) is 34.6 Å². The highest BCUT2D eigenvalue weighted by atomic mass is 15.5. The average Bonchev–Trinajstić information content (AvgIpc) is 2.56. The van der Waals surface area contributed by atoms with Crippen molar-refractivity contribution in [2.24, 2.45) is 7.05 Å². The highest BCUT2D eigenvalue weighted by molar-refractivity contribution is 5.48. The number of nitrogens with two attached hydrogens (primary N) is 1. The minimum absolute atomic E-state index is 0.260. The number of likely N-dealkylation sites (N-methyl/N-ethyl adjacent to an activating group) is 1. The second kappa shape index (κ2) is 3.21. The molecule has 1 aliphatic rings. The Bertz CT molecular complexity index is 379. The van der Waals surface area contributed by atoms with Crippen molar-refractivity contribution in [1.82, 2.24) is 15.1 Å². The van der Waals surface area contributed by atoms with Crippen LogP contribution in [0.3, 0.4) is 0 Å². The molecule has 84 valence electrons. The van der Waals surface area contributed by atoms with Crippen molar-refractivity contribution in [3.63, 3.8) is 0 Å². The molecule has 2 rings (SSSR count). The van der Waals surface area contributed by atoms with Crippen molar-refractivity contribution < 1.29 is 4.48 Å². The van der Waals surface area contributed by atoms with E-state index in [1.54, 1.807) is 0 Å². The SMILES string of the molecule is Cc1nn(C)c(C2NCC[N+]2(C)C)c1N. The number of quaternary nitrogens is 1. The molecule has 2 heterocycles. The number of aryl methyl sites for hydroxylation is 2. The molecule has 5 nitrogen and oxygen atoms in total. The Morgan fingerprint density at radius 3 is 2.60 bits per heavy atom. The van der Waals surface area contributed by atoms with E-state index in [2.05, 4.69) is 24.5 Å². The van der Waals surface area contributed by atoms with E-state index >= 15 is 0 Å². The fourth-order valence-electron chi connectivity index (χ4n) is 2.31. The maximum Gasteiger partial charge on any atom is 0.188 e. The third kappa shape index (κ3) is 1.52. The topological polar surface area (TPSA) is 55.9 Å². The van der Waals surface area contributed by atoms with E-state index in [1.165, 1.54) is 0 Å². The summed E-state index contributed by atoms with van der Waals surface area (Å²) in [5.41, 5.74) is 8.92. The summed E-state index contributed by atoms with van der Waals surface area (Å²) in [5, 5.41) is 7.85. The highest BCUT2D eigenvalue weighted by Gasteiger charge is 2.38. The smallest absolute Gasteiger partial charge is 0.188 e. The van der Waals surface area contributed by atoms with Gasteiger partial charge in [-0.15, -0.1) is 0 Å². The molecule has 0 saturated carbocycles. The number of nitrogens with one attached hydrogen (secondary N) is 1. The lowest BCUT2D eigenvalue weighted by atomic mass is 10.2. The number of nitrogen functional groups attached to an aromatic ring is 1. The molecule has 1 fully saturated rings. The summed E-state index contributed by atoms with van der Waals surface area (Å²) in [4.78, 5) is 0. The van der Waals surface area contributed by atoms with Gasteiger partial charge in [0.15, 0.2) is 6.17 Å². The molecule has 0 spiro atoms. The zero-order valence-corrected chi connectivity index (χ0v) is 9.91.